The zero-order chi connectivity index (χ0) is 20.3. The van der Waals surface area contributed by atoms with Crippen molar-refractivity contribution in [2.45, 2.75) is 37.4 Å². The molecule has 8 heteroatoms. The van der Waals surface area contributed by atoms with Crippen LogP contribution in [-0.2, 0) is 21.4 Å². The molecule has 0 saturated carbocycles. The SMILES string of the molecule is Cc1ccc(CNC(=O)[C@@H](C)C2CCN(S(=O)(=O)c3ccc(Br)s3)CC2)cc1. The highest BCUT2D eigenvalue weighted by Crippen LogP contribution is 2.32. The zero-order valence-corrected chi connectivity index (χ0v) is 19.2. The molecule has 1 amide bonds. The summed E-state index contributed by atoms with van der Waals surface area (Å²) in [6.45, 7) is 5.41. The molecule has 1 aliphatic heterocycles. The molecular weight excluding hydrogens is 460 g/mol. The van der Waals surface area contributed by atoms with Crippen LogP contribution in [0, 0.1) is 18.8 Å². The number of sulfonamides is 1. The van der Waals surface area contributed by atoms with Gasteiger partial charge in [0.1, 0.15) is 4.21 Å². The Bertz CT molecular complexity index is 917. The van der Waals surface area contributed by atoms with E-state index in [1.54, 1.807) is 16.4 Å². The van der Waals surface area contributed by atoms with E-state index in [-0.39, 0.29) is 17.7 Å². The molecule has 0 aliphatic carbocycles. The molecule has 2 aromatic rings. The van der Waals surface area contributed by atoms with Gasteiger partial charge in [0.2, 0.25) is 5.91 Å². The summed E-state index contributed by atoms with van der Waals surface area (Å²) >= 11 is 4.55. The van der Waals surface area contributed by atoms with Gasteiger partial charge in [0.15, 0.2) is 0 Å². The van der Waals surface area contributed by atoms with Crippen molar-refractivity contribution in [3.8, 4) is 0 Å². The quantitative estimate of drug-likeness (QED) is 0.668. The van der Waals surface area contributed by atoms with E-state index in [1.807, 2.05) is 38.1 Å². The Kier molecular flexibility index (Phi) is 6.96. The molecule has 0 spiro atoms. The number of thiophene rings is 1. The molecule has 3 rings (SSSR count). The van der Waals surface area contributed by atoms with Gasteiger partial charge in [-0.15, -0.1) is 11.3 Å². The predicted molar refractivity (Wildman–Crippen MR) is 116 cm³/mol. The minimum Gasteiger partial charge on any atom is -0.352 e. The van der Waals surface area contributed by atoms with Crippen LogP contribution >= 0.6 is 27.3 Å². The summed E-state index contributed by atoms with van der Waals surface area (Å²) in [5.41, 5.74) is 2.27. The van der Waals surface area contributed by atoms with Gasteiger partial charge in [0, 0.05) is 25.6 Å². The average Bonchev–Trinajstić information content (AvgIpc) is 3.14. The van der Waals surface area contributed by atoms with Crippen LogP contribution in [0.25, 0.3) is 0 Å². The number of benzene rings is 1. The third-order valence-corrected chi connectivity index (χ3v) is 9.34. The minimum absolute atomic E-state index is 0.0315. The Morgan fingerprint density at radius 1 is 1.21 bits per heavy atom. The number of halogens is 1. The first-order valence-corrected chi connectivity index (χ1v) is 12.4. The first kappa shape index (κ1) is 21.5. The first-order chi connectivity index (χ1) is 13.3. The Hall–Kier alpha value is -1.22. The largest absolute Gasteiger partial charge is 0.352 e. The van der Waals surface area contributed by atoms with E-state index in [9.17, 15) is 13.2 Å². The van der Waals surface area contributed by atoms with E-state index >= 15 is 0 Å². The molecular formula is C20H25BrN2O3S2. The van der Waals surface area contributed by atoms with Crippen molar-refractivity contribution < 1.29 is 13.2 Å². The highest BCUT2D eigenvalue weighted by molar-refractivity contribution is 9.11. The fourth-order valence-electron chi connectivity index (χ4n) is 3.45. The first-order valence-electron chi connectivity index (χ1n) is 9.36. The number of hydrogen-bond acceptors (Lipinski definition) is 4. The molecule has 0 unspecified atom stereocenters. The fourth-order valence-corrected chi connectivity index (χ4v) is 7.08. The van der Waals surface area contributed by atoms with Crippen LogP contribution in [0.15, 0.2) is 44.4 Å². The number of piperidine rings is 1. The second kappa shape index (κ2) is 9.07. The normalized spacial score (nSPS) is 17.4. The predicted octanol–water partition coefficient (Wildman–Crippen LogP) is 4.17. The van der Waals surface area contributed by atoms with Gasteiger partial charge >= 0.3 is 0 Å². The van der Waals surface area contributed by atoms with Crippen LogP contribution in [0.3, 0.4) is 0 Å². The molecule has 2 heterocycles. The lowest BCUT2D eigenvalue weighted by molar-refractivity contribution is -0.126. The number of rotatable bonds is 6. The number of amides is 1. The summed E-state index contributed by atoms with van der Waals surface area (Å²) in [7, 11) is -3.44. The number of aryl methyl sites for hydroxylation is 1. The van der Waals surface area contributed by atoms with Gasteiger partial charge < -0.3 is 5.32 Å². The number of nitrogens with one attached hydrogen (secondary N) is 1. The van der Waals surface area contributed by atoms with Gasteiger partial charge in [0.25, 0.3) is 10.0 Å². The molecule has 1 aromatic heterocycles. The van der Waals surface area contributed by atoms with E-state index in [1.165, 1.54) is 16.9 Å². The van der Waals surface area contributed by atoms with E-state index < -0.39 is 10.0 Å². The fraction of sp³-hybridized carbons (Fsp3) is 0.450. The summed E-state index contributed by atoms with van der Waals surface area (Å²) < 4.78 is 28.2. The van der Waals surface area contributed by atoms with E-state index in [0.29, 0.717) is 36.7 Å². The van der Waals surface area contributed by atoms with E-state index in [4.69, 9.17) is 0 Å². The van der Waals surface area contributed by atoms with Crippen molar-refractivity contribution in [3.63, 3.8) is 0 Å². The van der Waals surface area contributed by atoms with Gasteiger partial charge in [-0.2, -0.15) is 4.31 Å². The van der Waals surface area contributed by atoms with Crippen LogP contribution in [0.2, 0.25) is 0 Å². The molecule has 1 atom stereocenters. The van der Waals surface area contributed by atoms with Gasteiger partial charge in [0.05, 0.1) is 3.79 Å². The smallest absolute Gasteiger partial charge is 0.252 e. The molecule has 0 radical (unpaired) electrons. The minimum atomic E-state index is -3.44. The second-order valence-electron chi connectivity index (χ2n) is 7.29. The molecule has 1 aliphatic rings. The second-order valence-corrected chi connectivity index (χ2v) is 11.9. The van der Waals surface area contributed by atoms with Gasteiger partial charge in [-0.05, 0) is 59.3 Å². The number of carbonyl (C=O) groups is 1. The summed E-state index contributed by atoms with van der Waals surface area (Å²) in [6.07, 6.45) is 1.40. The molecule has 5 nitrogen and oxygen atoms in total. The van der Waals surface area contributed by atoms with Crippen molar-refractivity contribution in [2.75, 3.05) is 13.1 Å². The molecule has 1 aromatic carbocycles. The molecule has 28 heavy (non-hydrogen) atoms. The van der Waals surface area contributed by atoms with Crippen molar-refractivity contribution in [1.29, 1.82) is 0 Å². The average molecular weight is 485 g/mol. The molecule has 0 bridgehead atoms. The summed E-state index contributed by atoms with van der Waals surface area (Å²) in [4.78, 5) is 12.5. The lowest BCUT2D eigenvalue weighted by Crippen LogP contribution is -2.42. The Morgan fingerprint density at radius 3 is 2.43 bits per heavy atom. The van der Waals surface area contributed by atoms with Gasteiger partial charge in [-0.25, -0.2) is 8.42 Å². The molecule has 152 valence electrons. The maximum atomic E-state index is 12.7. The van der Waals surface area contributed by atoms with Crippen LogP contribution in [0.4, 0.5) is 0 Å². The van der Waals surface area contributed by atoms with Crippen LogP contribution < -0.4 is 5.32 Å². The zero-order valence-electron chi connectivity index (χ0n) is 16.0. The standard InChI is InChI=1S/C20H25BrN2O3S2/c1-14-3-5-16(6-4-14)13-22-20(24)15(2)17-9-11-23(12-10-17)28(25,26)19-8-7-18(21)27-19/h3-8,15,17H,9-13H2,1-2H3,(H,22,24)/t15-/m0/s1. The van der Waals surface area contributed by atoms with Crippen LogP contribution in [-0.4, -0.2) is 31.7 Å². The number of nitrogens with zero attached hydrogens (tertiary/aromatic N) is 1. The summed E-state index contributed by atoms with van der Waals surface area (Å²) in [6, 6.07) is 11.5. The third kappa shape index (κ3) is 5.03. The Balaban J connectivity index is 1.52. The topological polar surface area (TPSA) is 66.5 Å². The monoisotopic (exact) mass is 484 g/mol. The molecule has 1 fully saturated rings. The van der Waals surface area contributed by atoms with Crippen molar-refractivity contribution in [2.24, 2.45) is 11.8 Å². The lowest BCUT2D eigenvalue weighted by atomic mass is 9.85. The van der Waals surface area contributed by atoms with Gasteiger partial charge in [-0.3, -0.25) is 4.79 Å². The Morgan fingerprint density at radius 2 is 1.86 bits per heavy atom. The van der Waals surface area contributed by atoms with E-state index in [0.717, 1.165) is 9.35 Å². The number of hydrogen-bond donors (Lipinski definition) is 1. The van der Waals surface area contributed by atoms with Crippen molar-refractivity contribution in [1.82, 2.24) is 9.62 Å². The highest BCUT2D eigenvalue weighted by atomic mass is 79.9. The van der Waals surface area contributed by atoms with Gasteiger partial charge in [-0.1, -0.05) is 36.8 Å². The highest BCUT2D eigenvalue weighted by Gasteiger charge is 2.34. The maximum Gasteiger partial charge on any atom is 0.252 e. The lowest BCUT2D eigenvalue weighted by Gasteiger charge is -2.33. The molecule has 1 N–H and O–H groups in total. The number of carbonyl (C=O) groups excluding carboxylic acids is 1. The summed E-state index contributed by atoms with van der Waals surface area (Å²) in [5.74, 6) is 0.0924. The summed E-state index contributed by atoms with van der Waals surface area (Å²) in [5, 5.41) is 3.01. The Labute approximate surface area is 179 Å². The molecule has 1 saturated heterocycles. The van der Waals surface area contributed by atoms with Crippen molar-refractivity contribution in [3.05, 3.63) is 51.3 Å². The van der Waals surface area contributed by atoms with Crippen LogP contribution in [0.1, 0.15) is 30.9 Å². The third-order valence-electron chi connectivity index (χ3n) is 5.35. The van der Waals surface area contributed by atoms with Crippen molar-refractivity contribution >= 4 is 43.2 Å². The van der Waals surface area contributed by atoms with E-state index in [2.05, 4.69) is 21.2 Å². The van der Waals surface area contributed by atoms with Crippen LogP contribution in [0.5, 0.6) is 0 Å². The maximum absolute atomic E-state index is 12.7.